The summed E-state index contributed by atoms with van der Waals surface area (Å²) in [6, 6.07) is 7.38. The molecule has 0 aliphatic carbocycles. The minimum absolute atomic E-state index is 0.0966. The Morgan fingerprint density at radius 2 is 2.26 bits per heavy atom. The number of anilines is 1. The zero-order valence-electron chi connectivity index (χ0n) is 15.5. The molecule has 1 saturated heterocycles. The summed E-state index contributed by atoms with van der Waals surface area (Å²) in [4.78, 5) is 11.2. The first-order valence-electron chi connectivity index (χ1n) is 8.69. The number of likely N-dealkylation sites (N-methyl/N-ethyl adjacent to an activating group) is 1. The van der Waals surface area contributed by atoms with Crippen LogP contribution in [-0.2, 0) is 0 Å². The molecule has 4 N–H and O–H groups in total. The molecule has 27 heavy (non-hydrogen) atoms. The highest BCUT2D eigenvalue weighted by molar-refractivity contribution is 7.99. The Bertz CT molecular complexity index is 823. The molecule has 0 bridgehead atoms. The highest BCUT2D eigenvalue weighted by Crippen LogP contribution is 2.27. The fraction of sp³-hybridized carbons (Fsp3) is 0.389. The zero-order valence-corrected chi connectivity index (χ0v) is 16.3. The third kappa shape index (κ3) is 4.61. The molecule has 9 heteroatoms. The van der Waals surface area contributed by atoms with E-state index in [0.717, 1.165) is 29.6 Å². The first kappa shape index (κ1) is 19.2. The average molecular weight is 388 g/mol. The molecule has 1 aliphatic rings. The second-order valence-corrected chi connectivity index (χ2v) is 7.22. The molecule has 1 fully saturated rings. The Hall–Kier alpha value is -2.52. The van der Waals surface area contributed by atoms with Crippen molar-refractivity contribution < 1.29 is 9.84 Å². The van der Waals surface area contributed by atoms with Crippen molar-refractivity contribution >= 4 is 23.3 Å². The molecule has 1 aromatic heterocycles. The Balaban J connectivity index is 2.01. The SMILES string of the molecule is CNCCOc1nc(/C(=N/N)c2cc(C)ccc2O)cc(N2CCSC2)n1. The molecular formula is C18H24N6O2S. The average Bonchev–Trinajstić information content (AvgIpc) is 3.20. The first-order chi connectivity index (χ1) is 13.1. The summed E-state index contributed by atoms with van der Waals surface area (Å²) in [5.74, 6) is 8.44. The molecular weight excluding hydrogens is 364 g/mol. The van der Waals surface area contributed by atoms with Gasteiger partial charge in [-0.2, -0.15) is 15.1 Å². The van der Waals surface area contributed by atoms with Gasteiger partial charge in [-0.3, -0.25) is 0 Å². The maximum absolute atomic E-state index is 10.3. The highest BCUT2D eigenvalue weighted by Gasteiger charge is 2.20. The summed E-state index contributed by atoms with van der Waals surface area (Å²) in [6.07, 6.45) is 0. The van der Waals surface area contributed by atoms with E-state index in [1.54, 1.807) is 6.07 Å². The van der Waals surface area contributed by atoms with Crippen molar-refractivity contribution in [2.75, 3.05) is 43.3 Å². The number of aryl methyl sites for hydroxylation is 1. The van der Waals surface area contributed by atoms with Gasteiger partial charge in [0, 0.05) is 30.5 Å². The number of rotatable bonds is 7. The highest BCUT2D eigenvalue weighted by atomic mass is 32.2. The fourth-order valence-corrected chi connectivity index (χ4v) is 3.67. The minimum atomic E-state index is 0.0966. The van der Waals surface area contributed by atoms with Crippen molar-refractivity contribution in [3.63, 3.8) is 0 Å². The van der Waals surface area contributed by atoms with Crippen LogP contribution in [0.15, 0.2) is 29.4 Å². The second kappa shape index (κ2) is 8.92. The number of hydrogen-bond acceptors (Lipinski definition) is 9. The molecule has 144 valence electrons. The lowest BCUT2D eigenvalue weighted by molar-refractivity contribution is 0.293. The lowest BCUT2D eigenvalue weighted by Gasteiger charge is -2.18. The summed E-state index contributed by atoms with van der Waals surface area (Å²) >= 11 is 1.84. The maximum Gasteiger partial charge on any atom is 0.319 e. The largest absolute Gasteiger partial charge is 0.507 e. The number of hydrazone groups is 1. The summed E-state index contributed by atoms with van der Waals surface area (Å²) in [7, 11) is 1.85. The van der Waals surface area contributed by atoms with E-state index in [0.29, 0.717) is 30.1 Å². The van der Waals surface area contributed by atoms with E-state index in [9.17, 15) is 5.11 Å². The van der Waals surface area contributed by atoms with E-state index in [1.165, 1.54) is 0 Å². The quantitative estimate of drug-likeness (QED) is 0.282. The summed E-state index contributed by atoms with van der Waals surface area (Å²) in [6.45, 7) is 3.97. The molecule has 0 atom stereocenters. The lowest BCUT2D eigenvalue weighted by atomic mass is 10.0. The number of hydrogen-bond donors (Lipinski definition) is 3. The third-order valence-electron chi connectivity index (χ3n) is 4.13. The molecule has 8 nitrogen and oxygen atoms in total. The van der Waals surface area contributed by atoms with Gasteiger partial charge in [-0.15, -0.1) is 11.8 Å². The number of aromatic nitrogens is 2. The Morgan fingerprint density at radius 1 is 1.41 bits per heavy atom. The number of benzene rings is 1. The van der Waals surface area contributed by atoms with Gasteiger partial charge in [0.2, 0.25) is 0 Å². The van der Waals surface area contributed by atoms with E-state index in [-0.39, 0.29) is 11.8 Å². The van der Waals surface area contributed by atoms with Crippen LogP contribution in [0.4, 0.5) is 5.82 Å². The molecule has 2 aromatic rings. The predicted molar refractivity (Wildman–Crippen MR) is 109 cm³/mol. The van der Waals surface area contributed by atoms with Gasteiger partial charge >= 0.3 is 6.01 Å². The van der Waals surface area contributed by atoms with Crippen molar-refractivity contribution in [1.29, 1.82) is 0 Å². The van der Waals surface area contributed by atoms with Crippen molar-refractivity contribution in [3.8, 4) is 11.8 Å². The summed E-state index contributed by atoms with van der Waals surface area (Å²) in [5.41, 5.74) is 2.42. The van der Waals surface area contributed by atoms with Crippen LogP contribution in [0, 0.1) is 6.92 Å². The fourth-order valence-electron chi connectivity index (χ4n) is 2.71. The number of nitrogens with one attached hydrogen (secondary N) is 1. The smallest absolute Gasteiger partial charge is 0.319 e. The first-order valence-corrected chi connectivity index (χ1v) is 9.85. The molecule has 0 spiro atoms. The molecule has 0 unspecified atom stereocenters. The molecule has 1 aromatic carbocycles. The molecule has 0 amide bonds. The molecule has 2 heterocycles. The van der Waals surface area contributed by atoms with Crippen LogP contribution in [0.2, 0.25) is 0 Å². The summed E-state index contributed by atoms with van der Waals surface area (Å²) in [5, 5.41) is 17.2. The minimum Gasteiger partial charge on any atom is -0.507 e. The van der Waals surface area contributed by atoms with E-state index >= 15 is 0 Å². The Labute approximate surface area is 162 Å². The van der Waals surface area contributed by atoms with Gasteiger partial charge in [0.15, 0.2) is 0 Å². The zero-order chi connectivity index (χ0) is 19.2. The number of phenolic OH excluding ortho intramolecular Hbond substituents is 1. The van der Waals surface area contributed by atoms with Gasteiger partial charge in [0.25, 0.3) is 0 Å². The van der Waals surface area contributed by atoms with Crippen LogP contribution in [0.5, 0.6) is 11.8 Å². The number of aromatic hydroxyl groups is 1. The number of nitrogens with zero attached hydrogens (tertiary/aromatic N) is 4. The lowest BCUT2D eigenvalue weighted by Crippen LogP contribution is -2.22. The molecule has 0 saturated carbocycles. The second-order valence-electron chi connectivity index (χ2n) is 6.15. The Kier molecular flexibility index (Phi) is 6.36. The van der Waals surface area contributed by atoms with Gasteiger partial charge in [-0.25, -0.2) is 0 Å². The molecule has 0 radical (unpaired) electrons. The van der Waals surface area contributed by atoms with Crippen LogP contribution >= 0.6 is 11.8 Å². The summed E-state index contributed by atoms with van der Waals surface area (Å²) < 4.78 is 5.70. The number of thioether (sulfide) groups is 1. The standard InChI is InChI=1S/C18H24N6O2S/c1-12-3-4-15(25)13(9-12)17(23-19)14-10-16(24-6-8-27-11-24)22-18(21-14)26-7-5-20-2/h3-4,9-10,20,25H,5-8,11,19H2,1-2H3/b23-17+. The molecule has 3 rings (SSSR count). The van der Waals surface area contributed by atoms with E-state index in [1.807, 2.05) is 43.9 Å². The van der Waals surface area contributed by atoms with Gasteiger partial charge in [-0.1, -0.05) is 11.6 Å². The van der Waals surface area contributed by atoms with Crippen LogP contribution in [0.1, 0.15) is 16.8 Å². The van der Waals surface area contributed by atoms with E-state index in [2.05, 4.69) is 25.3 Å². The van der Waals surface area contributed by atoms with Gasteiger partial charge in [0.05, 0.1) is 5.88 Å². The van der Waals surface area contributed by atoms with Gasteiger partial charge in [-0.05, 0) is 26.1 Å². The number of phenols is 1. The van der Waals surface area contributed by atoms with Gasteiger partial charge < -0.3 is 25.9 Å². The van der Waals surface area contributed by atoms with Crippen LogP contribution in [-0.4, -0.2) is 59.2 Å². The normalized spacial score (nSPS) is 14.6. The monoisotopic (exact) mass is 388 g/mol. The Morgan fingerprint density at radius 3 is 2.96 bits per heavy atom. The van der Waals surface area contributed by atoms with Crippen LogP contribution in [0.25, 0.3) is 0 Å². The van der Waals surface area contributed by atoms with Crippen molar-refractivity contribution in [3.05, 3.63) is 41.1 Å². The van der Waals surface area contributed by atoms with Crippen molar-refractivity contribution in [2.24, 2.45) is 10.9 Å². The van der Waals surface area contributed by atoms with Gasteiger partial charge in [0.1, 0.15) is 29.6 Å². The van der Waals surface area contributed by atoms with E-state index < -0.39 is 0 Å². The van der Waals surface area contributed by atoms with Crippen molar-refractivity contribution in [1.82, 2.24) is 15.3 Å². The van der Waals surface area contributed by atoms with E-state index in [4.69, 9.17) is 10.6 Å². The van der Waals surface area contributed by atoms with Crippen molar-refractivity contribution in [2.45, 2.75) is 6.92 Å². The molecule has 1 aliphatic heterocycles. The number of nitrogens with two attached hydrogens (primary N) is 1. The van der Waals surface area contributed by atoms with Crippen LogP contribution in [0.3, 0.4) is 0 Å². The topological polar surface area (TPSA) is 109 Å². The van der Waals surface area contributed by atoms with Crippen LogP contribution < -0.4 is 20.8 Å². The maximum atomic E-state index is 10.3. The predicted octanol–water partition coefficient (Wildman–Crippen LogP) is 1.31. The third-order valence-corrected chi connectivity index (χ3v) is 5.10. The number of ether oxygens (including phenoxy) is 1.